The minimum Gasteiger partial charge on any atom is -0.503 e. The van der Waals surface area contributed by atoms with Gasteiger partial charge in [-0.3, -0.25) is 9.36 Å². The van der Waals surface area contributed by atoms with Gasteiger partial charge in [-0.1, -0.05) is 41.6 Å². The zero-order chi connectivity index (χ0) is 26.4. The van der Waals surface area contributed by atoms with Gasteiger partial charge in [-0.2, -0.15) is 5.10 Å². The molecule has 0 spiro atoms. The van der Waals surface area contributed by atoms with Crippen LogP contribution >= 0.6 is 27.7 Å². The van der Waals surface area contributed by atoms with Gasteiger partial charge in [-0.05, 0) is 64.8 Å². The average molecular weight is 582 g/mol. The van der Waals surface area contributed by atoms with Crippen LogP contribution in [0.15, 0.2) is 75.4 Å². The molecule has 0 unspecified atom stereocenters. The van der Waals surface area contributed by atoms with E-state index in [1.807, 2.05) is 60.0 Å². The number of aromatic nitrogens is 3. The lowest BCUT2D eigenvalue weighted by atomic mass is 10.1. The van der Waals surface area contributed by atoms with Gasteiger partial charge in [0.05, 0.1) is 30.7 Å². The van der Waals surface area contributed by atoms with E-state index in [-0.39, 0.29) is 17.4 Å². The first-order chi connectivity index (χ1) is 17.9. The zero-order valence-corrected chi connectivity index (χ0v) is 22.7. The summed E-state index contributed by atoms with van der Waals surface area (Å²) in [6.45, 7) is 2.03. The molecule has 190 valence electrons. The summed E-state index contributed by atoms with van der Waals surface area (Å²) in [5, 5.41) is 23.3. The fraction of sp³-hybridized carbons (Fsp3) is 0.154. The molecule has 0 aliphatic heterocycles. The lowest BCUT2D eigenvalue weighted by Crippen LogP contribution is -2.20. The van der Waals surface area contributed by atoms with E-state index < -0.39 is 0 Å². The van der Waals surface area contributed by atoms with E-state index in [0.29, 0.717) is 26.8 Å². The third-order valence-electron chi connectivity index (χ3n) is 5.28. The van der Waals surface area contributed by atoms with Crippen molar-refractivity contribution < 1.29 is 19.4 Å². The number of hydrogen-bond acceptors (Lipinski definition) is 8. The van der Waals surface area contributed by atoms with E-state index in [2.05, 4.69) is 36.7 Å². The number of carbonyl (C=O) groups excluding carboxylic acids is 1. The van der Waals surface area contributed by atoms with Gasteiger partial charge in [0.2, 0.25) is 0 Å². The van der Waals surface area contributed by atoms with E-state index in [1.54, 1.807) is 19.2 Å². The first-order valence-corrected chi connectivity index (χ1v) is 12.9. The van der Waals surface area contributed by atoms with Crippen molar-refractivity contribution in [2.24, 2.45) is 5.10 Å². The third kappa shape index (κ3) is 6.30. The van der Waals surface area contributed by atoms with Crippen molar-refractivity contribution >= 4 is 39.8 Å². The number of hydrazone groups is 1. The van der Waals surface area contributed by atoms with Crippen molar-refractivity contribution in [3.63, 3.8) is 0 Å². The number of benzene rings is 3. The Morgan fingerprint density at radius 2 is 1.84 bits per heavy atom. The van der Waals surface area contributed by atoms with Crippen LogP contribution in [-0.2, 0) is 4.79 Å². The third-order valence-corrected chi connectivity index (χ3v) is 6.81. The van der Waals surface area contributed by atoms with Crippen molar-refractivity contribution in [1.82, 2.24) is 20.2 Å². The van der Waals surface area contributed by atoms with Gasteiger partial charge in [0, 0.05) is 11.3 Å². The van der Waals surface area contributed by atoms with Crippen LogP contribution in [0.3, 0.4) is 0 Å². The van der Waals surface area contributed by atoms with Gasteiger partial charge in [-0.25, -0.2) is 5.43 Å². The quantitative estimate of drug-likeness (QED) is 0.163. The highest BCUT2D eigenvalue weighted by atomic mass is 79.9. The normalized spacial score (nSPS) is 11.0. The lowest BCUT2D eigenvalue weighted by molar-refractivity contribution is -0.118. The molecule has 0 saturated carbocycles. The summed E-state index contributed by atoms with van der Waals surface area (Å²) < 4.78 is 12.8. The molecule has 1 aromatic heterocycles. The summed E-state index contributed by atoms with van der Waals surface area (Å²) in [6.07, 6.45) is 1.46. The van der Waals surface area contributed by atoms with E-state index in [1.165, 1.54) is 25.1 Å². The molecule has 37 heavy (non-hydrogen) atoms. The Kier molecular flexibility index (Phi) is 8.47. The first-order valence-electron chi connectivity index (χ1n) is 11.1. The van der Waals surface area contributed by atoms with Crippen LogP contribution in [0.25, 0.3) is 17.1 Å². The van der Waals surface area contributed by atoms with Gasteiger partial charge in [0.1, 0.15) is 5.75 Å². The Morgan fingerprint density at radius 3 is 2.51 bits per heavy atom. The minimum absolute atomic E-state index is 0.00827. The predicted molar refractivity (Wildman–Crippen MR) is 147 cm³/mol. The summed E-state index contributed by atoms with van der Waals surface area (Å²) in [4.78, 5) is 12.5. The molecule has 0 bridgehead atoms. The number of carbonyl (C=O) groups is 1. The molecule has 2 N–H and O–H groups in total. The molecule has 4 rings (SSSR count). The summed E-state index contributed by atoms with van der Waals surface area (Å²) in [6, 6.07) is 18.8. The average Bonchev–Trinajstić information content (AvgIpc) is 3.33. The number of amides is 1. The largest absolute Gasteiger partial charge is 0.503 e. The summed E-state index contributed by atoms with van der Waals surface area (Å²) in [5.74, 6) is 1.44. The van der Waals surface area contributed by atoms with Crippen molar-refractivity contribution in [1.29, 1.82) is 0 Å². The van der Waals surface area contributed by atoms with Gasteiger partial charge in [0.15, 0.2) is 22.5 Å². The van der Waals surface area contributed by atoms with Crippen molar-refractivity contribution in [2.75, 3.05) is 20.0 Å². The molecule has 0 atom stereocenters. The first kappa shape index (κ1) is 26.2. The van der Waals surface area contributed by atoms with Crippen molar-refractivity contribution in [2.45, 2.75) is 12.1 Å². The Bertz CT molecular complexity index is 1420. The maximum Gasteiger partial charge on any atom is 0.250 e. The van der Waals surface area contributed by atoms with Gasteiger partial charge >= 0.3 is 0 Å². The van der Waals surface area contributed by atoms with E-state index in [9.17, 15) is 9.90 Å². The highest BCUT2D eigenvalue weighted by Crippen LogP contribution is 2.34. The molecule has 1 amide bonds. The molecule has 9 nitrogen and oxygen atoms in total. The van der Waals surface area contributed by atoms with E-state index >= 15 is 0 Å². The highest BCUT2D eigenvalue weighted by Gasteiger charge is 2.17. The van der Waals surface area contributed by atoms with Gasteiger partial charge < -0.3 is 14.6 Å². The Balaban J connectivity index is 1.50. The summed E-state index contributed by atoms with van der Waals surface area (Å²) in [7, 11) is 3.07. The Morgan fingerprint density at radius 1 is 1.11 bits per heavy atom. The van der Waals surface area contributed by atoms with Crippen molar-refractivity contribution in [3.05, 3.63) is 76.3 Å². The maximum atomic E-state index is 12.5. The number of phenols is 1. The second-order valence-corrected chi connectivity index (χ2v) is 9.64. The number of methoxy groups -OCH3 is 2. The number of nitrogens with one attached hydrogen (secondary N) is 1. The Labute approximate surface area is 226 Å². The molecule has 0 aliphatic rings. The van der Waals surface area contributed by atoms with Crippen LogP contribution in [0.1, 0.15) is 11.1 Å². The number of phenolic OH excluding ortho intramolecular Hbond substituents is 1. The van der Waals surface area contributed by atoms with Crippen LogP contribution in [-0.4, -0.2) is 52.0 Å². The van der Waals surface area contributed by atoms with E-state index in [0.717, 1.165) is 22.6 Å². The number of thioether (sulfide) groups is 1. The van der Waals surface area contributed by atoms with Crippen LogP contribution in [0.5, 0.6) is 17.2 Å². The number of ether oxygens (including phenoxy) is 2. The summed E-state index contributed by atoms with van der Waals surface area (Å²) >= 11 is 4.51. The van der Waals surface area contributed by atoms with Crippen molar-refractivity contribution in [3.8, 4) is 34.3 Å². The van der Waals surface area contributed by atoms with Crippen LogP contribution in [0.4, 0.5) is 0 Å². The molecule has 11 heteroatoms. The van der Waals surface area contributed by atoms with Gasteiger partial charge in [0.25, 0.3) is 5.91 Å². The predicted octanol–water partition coefficient (Wildman–Crippen LogP) is 4.97. The fourth-order valence-electron chi connectivity index (χ4n) is 3.38. The number of halogens is 1. The maximum absolute atomic E-state index is 12.5. The molecule has 0 saturated heterocycles. The molecule has 0 aliphatic carbocycles. The molecular weight excluding hydrogens is 558 g/mol. The molecule has 4 aromatic rings. The van der Waals surface area contributed by atoms with E-state index in [4.69, 9.17) is 9.47 Å². The molecule has 0 radical (unpaired) electrons. The fourth-order valence-corrected chi connectivity index (χ4v) is 4.59. The smallest absolute Gasteiger partial charge is 0.250 e. The monoisotopic (exact) mass is 581 g/mol. The zero-order valence-electron chi connectivity index (χ0n) is 20.3. The number of aryl methyl sites for hydroxylation is 1. The Hall–Kier alpha value is -3.83. The van der Waals surface area contributed by atoms with Crippen LogP contribution in [0.2, 0.25) is 0 Å². The second kappa shape index (κ2) is 11.9. The number of aromatic hydroxyl groups is 1. The lowest BCUT2D eigenvalue weighted by Gasteiger charge is -2.11. The standard InChI is InChI=1S/C26H24BrN5O4S/c1-16-4-6-18(7-5-16)25-30-31-26(32(25)19-8-10-20(35-2)11-9-19)37-15-23(33)29-28-14-17-12-21(27)24(34)22(13-17)36-3/h4-14,34H,15H2,1-3H3,(H,29,33). The molecule has 0 fully saturated rings. The number of hydrogen-bond donors (Lipinski definition) is 2. The molecular formula is C26H24BrN5O4S. The summed E-state index contributed by atoms with van der Waals surface area (Å²) in [5.41, 5.74) is 6.04. The van der Waals surface area contributed by atoms with Crippen LogP contribution in [0, 0.1) is 6.92 Å². The molecule has 1 heterocycles. The highest BCUT2D eigenvalue weighted by molar-refractivity contribution is 9.10. The number of nitrogens with zero attached hydrogens (tertiary/aromatic N) is 4. The van der Waals surface area contributed by atoms with Crippen LogP contribution < -0.4 is 14.9 Å². The molecule has 3 aromatic carbocycles. The van der Waals surface area contributed by atoms with Gasteiger partial charge in [-0.15, -0.1) is 10.2 Å². The number of rotatable bonds is 9. The minimum atomic E-state index is -0.313. The second-order valence-electron chi connectivity index (χ2n) is 7.84. The SMILES string of the molecule is COc1ccc(-n2c(SCC(=O)NN=Cc3cc(Br)c(O)c(OC)c3)nnc2-c2ccc(C)cc2)cc1. The topological polar surface area (TPSA) is 111 Å².